The van der Waals surface area contributed by atoms with Crippen LogP contribution in [0, 0.1) is 11.8 Å². The number of benzene rings is 2. The van der Waals surface area contributed by atoms with Gasteiger partial charge in [0.25, 0.3) is 0 Å². The quantitative estimate of drug-likeness (QED) is 0.520. The number of amides is 1. The van der Waals surface area contributed by atoms with Crippen molar-refractivity contribution in [3.05, 3.63) is 41.0 Å². The van der Waals surface area contributed by atoms with Gasteiger partial charge in [0.15, 0.2) is 23.0 Å². The molecule has 1 amide bonds. The first-order valence-corrected chi connectivity index (χ1v) is 12.7. The van der Waals surface area contributed by atoms with Gasteiger partial charge in [-0.2, -0.15) is 0 Å². The van der Waals surface area contributed by atoms with Crippen LogP contribution in [0.25, 0.3) is 0 Å². The SMILES string of the molecule is COc1cc([C@@H]2c3cc4c(cc3[C@@H](CC(=O)N(C)CCN(C)C)[C@H]3COC(=O)[C@H]23)OCO4)cc(OC)c1O. The second-order valence-corrected chi connectivity index (χ2v) is 10.3. The number of methoxy groups -OCH3 is 2. The zero-order valence-electron chi connectivity index (χ0n) is 22.4. The molecule has 0 aromatic heterocycles. The number of phenolic OH excluding ortho intramolecular Hbond substituents is 1. The van der Waals surface area contributed by atoms with E-state index in [-0.39, 0.29) is 60.8 Å². The molecule has 0 saturated carbocycles. The summed E-state index contributed by atoms with van der Waals surface area (Å²) in [6.07, 6.45) is 0.239. The van der Waals surface area contributed by atoms with Gasteiger partial charge in [-0.3, -0.25) is 9.59 Å². The maximum atomic E-state index is 13.4. The summed E-state index contributed by atoms with van der Waals surface area (Å²) in [6, 6.07) is 7.29. The van der Waals surface area contributed by atoms with Gasteiger partial charge in [0, 0.05) is 38.4 Å². The van der Waals surface area contributed by atoms with Crippen molar-refractivity contribution in [2.45, 2.75) is 18.3 Å². The maximum Gasteiger partial charge on any atom is 0.310 e. The molecule has 204 valence electrons. The number of cyclic esters (lactones) is 1. The van der Waals surface area contributed by atoms with Crippen LogP contribution in [0.15, 0.2) is 24.3 Å². The summed E-state index contributed by atoms with van der Waals surface area (Å²) >= 11 is 0. The summed E-state index contributed by atoms with van der Waals surface area (Å²) in [7, 11) is 8.68. The average molecular weight is 527 g/mol. The highest BCUT2D eigenvalue weighted by atomic mass is 16.7. The number of ether oxygens (including phenoxy) is 5. The van der Waals surface area contributed by atoms with Gasteiger partial charge in [-0.05, 0) is 61.0 Å². The van der Waals surface area contributed by atoms with Crippen LogP contribution in [0.1, 0.15) is 34.9 Å². The predicted molar refractivity (Wildman–Crippen MR) is 137 cm³/mol. The Morgan fingerprint density at radius 2 is 1.61 bits per heavy atom. The fourth-order valence-electron chi connectivity index (χ4n) is 5.85. The van der Waals surface area contributed by atoms with Crippen molar-refractivity contribution in [2.75, 3.05) is 61.9 Å². The molecule has 10 heteroatoms. The van der Waals surface area contributed by atoms with Gasteiger partial charge in [-0.15, -0.1) is 0 Å². The molecule has 38 heavy (non-hydrogen) atoms. The number of nitrogens with zero attached hydrogens (tertiary/aromatic N) is 2. The Balaban J connectivity index is 1.62. The molecule has 0 radical (unpaired) electrons. The van der Waals surface area contributed by atoms with Crippen LogP contribution >= 0.6 is 0 Å². The van der Waals surface area contributed by atoms with Crippen LogP contribution in [-0.4, -0.2) is 88.6 Å². The van der Waals surface area contributed by atoms with Gasteiger partial charge in [0.1, 0.15) is 0 Å². The first kappa shape index (κ1) is 26.0. The van der Waals surface area contributed by atoms with Crippen LogP contribution in [0.4, 0.5) is 0 Å². The highest BCUT2D eigenvalue weighted by Gasteiger charge is 2.53. The molecule has 2 aromatic carbocycles. The Labute approximate surface area is 222 Å². The first-order chi connectivity index (χ1) is 18.2. The number of carbonyl (C=O) groups is 2. The van der Waals surface area contributed by atoms with Crippen molar-refractivity contribution >= 4 is 11.9 Å². The number of phenols is 1. The summed E-state index contributed by atoms with van der Waals surface area (Å²) in [5, 5.41) is 10.5. The van der Waals surface area contributed by atoms with Crippen molar-refractivity contribution in [3.8, 4) is 28.7 Å². The van der Waals surface area contributed by atoms with Gasteiger partial charge in [-0.25, -0.2) is 0 Å². The molecule has 2 aromatic rings. The Morgan fingerprint density at radius 3 is 2.21 bits per heavy atom. The van der Waals surface area contributed by atoms with Crippen LogP contribution in [-0.2, 0) is 14.3 Å². The van der Waals surface area contributed by atoms with Crippen molar-refractivity contribution < 1.29 is 38.4 Å². The predicted octanol–water partition coefficient (Wildman–Crippen LogP) is 2.57. The number of likely N-dealkylation sites (N-methyl/N-ethyl adjacent to an activating group) is 2. The van der Waals surface area contributed by atoms with E-state index >= 15 is 0 Å². The zero-order valence-corrected chi connectivity index (χ0v) is 22.4. The lowest BCUT2D eigenvalue weighted by atomic mass is 9.62. The number of fused-ring (bicyclic) bond motifs is 3. The van der Waals surface area contributed by atoms with Crippen molar-refractivity contribution in [1.82, 2.24) is 9.80 Å². The molecule has 1 saturated heterocycles. The summed E-state index contributed by atoms with van der Waals surface area (Å²) < 4.78 is 27.9. The van der Waals surface area contributed by atoms with Crippen molar-refractivity contribution in [2.24, 2.45) is 11.8 Å². The van der Waals surface area contributed by atoms with E-state index in [9.17, 15) is 14.7 Å². The normalized spacial score (nSPS) is 23.1. The summed E-state index contributed by atoms with van der Waals surface area (Å²) in [4.78, 5) is 30.4. The third-order valence-corrected chi connectivity index (χ3v) is 7.90. The van der Waals surface area contributed by atoms with E-state index in [0.29, 0.717) is 18.0 Å². The van der Waals surface area contributed by atoms with Crippen LogP contribution in [0.3, 0.4) is 0 Å². The standard InChI is InChI=1S/C28H34N2O8/c1-29(2)6-7-30(3)24(31)12-17-16-10-20-21(38-14-37-20)11-18(16)25(26-19(17)13-36-28(26)33)15-8-22(34-4)27(32)23(9-15)35-5/h8-11,17,19,25-26,32H,6-7,12-14H2,1-5H3/t17-,19-,25-,26+/m1/s1. The number of aromatic hydroxyl groups is 1. The molecule has 0 spiro atoms. The van der Waals surface area contributed by atoms with Crippen molar-refractivity contribution in [3.63, 3.8) is 0 Å². The molecule has 2 heterocycles. The molecule has 4 atom stereocenters. The number of carbonyl (C=O) groups excluding carboxylic acids is 2. The second-order valence-electron chi connectivity index (χ2n) is 10.3. The van der Waals surface area contributed by atoms with Gasteiger partial charge < -0.3 is 38.6 Å². The van der Waals surface area contributed by atoms with Gasteiger partial charge in [0.05, 0.1) is 26.7 Å². The van der Waals surface area contributed by atoms with Gasteiger partial charge in [-0.1, -0.05) is 0 Å². The van der Waals surface area contributed by atoms with E-state index in [0.717, 1.165) is 23.2 Å². The molecular formula is C28H34N2O8. The van der Waals surface area contributed by atoms with Crippen molar-refractivity contribution in [1.29, 1.82) is 0 Å². The van der Waals surface area contributed by atoms with E-state index in [1.807, 2.05) is 31.1 Å². The molecule has 10 nitrogen and oxygen atoms in total. The van der Waals surface area contributed by atoms with Crippen LogP contribution < -0.4 is 18.9 Å². The lowest BCUT2D eigenvalue weighted by Crippen LogP contribution is -2.39. The molecule has 1 fully saturated rings. The Kier molecular flexibility index (Phi) is 7.00. The van der Waals surface area contributed by atoms with Gasteiger partial charge in [0.2, 0.25) is 18.4 Å². The minimum Gasteiger partial charge on any atom is -0.502 e. The summed E-state index contributed by atoms with van der Waals surface area (Å²) in [5.74, 6) is -0.177. The molecular weight excluding hydrogens is 492 g/mol. The topological polar surface area (TPSA) is 107 Å². The first-order valence-electron chi connectivity index (χ1n) is 12.7. The summed E-state index contributed by atoms with van der Waals surface area (Å²) in [6.45, 7) is 1.68. The highest BCUT2D eigenvalue weighted by Crippen LogP contribution is 2.57. The fourth-order valence-corrected chi connectivity index (χ4v) is 5.85. The van der Waals surface area contributed by atoms with E-state index in [2.05, 4.69) is 0 Å². The lowest BCUT2D eigenvalue weighted by Gasteiger charge is -2.39. The molecule has 1 N–H and O–H groups in total. The Bertz CT molecular complexity index is 1220. The number of esters is 1. The number of hydrogen-bond donors (Lipinski definition) is 1. The number of hydrogen-bond acceptors (Lipinski definition) is 9. The molecule has 5 rings (SSSR count). The zero-order chi connectivity index (χ0) is 27.1. The number of rotatable bonds is 8. The maximum absolute atomic E-state index is 13.4. The van der Waals surface area contributed by atoms with Gasteiger partial charge >= 0.3 is 5.97 Å². The molecule has 2 aliphatic heterocycles. The fraction of sp³-hybridized carbons (Fsp3) is 0.500. The Morgan fingerprint density at radius 1 is 0.974 bits per heavy atom. The monoisotopic (exact) mass is 526 g/mol. The highest BCUT2D eigenvalue weighted by molar-refractivity contribution is 5.81. The smallest absolute Gasteiger partial charge is 0.310 e. The molecule has 1 aliphatic carbocycles. The van der Waals surface area contributed by atoms with E-state index in [1.54, 1.807) is 24.1 Å². The second kappa shape index (κ2) is 10.2. The van der Waals surface area contributed by atoms with Crippen LogP contribution in [0.5, 0.6) is 28.7 Å². The summed E-state index contributed by atoms with van der Waals surface area (Å²) in [5.41, 5.74) is 2.52. The minimum atomic E-state index is -0.535. The Hall–Kier alpha value is -3.66. The third kappa shape index (κ3) is 4.47. The molecule has 0 bridgehead atoms. The molecule has 3 aliphatic rings. The van der Waals surface area contributed by atoms with E-state index in [1.165, 1.54) is 14.2 Å². The third-order valence-electron chi connectivity index (χ3n) is 7.90. The minimum absolute atomic E-state index is 0.00462. The molecule has 0 unspecified atom stereocenters. The largest absolute Gasteiger partial charge is 0.502 e. The average Bonchev–Trinajstić information content (AvgIpc) is 3.52. The van der Waals surface area contributed by atoms with E-state index < -0.39 is 11.8 Å². The van der Waals surface area contributed by atoms with Crippen LogP contribution in [0.2, 0.25) is 0 Å². The van der Waals surface area contributed by atoms with E-state index in [4.69, 9.17) is 23.7 Å². The lowest BCUT2D eigenvalue weighted by molar-refractivity contribution is -0.141.